The molecule has 0 aliphatic carbocycles. The van der Waals surface area contributed by atoms with Crippen molar-refractivity contribution in [2.45, 2.75) is 19.8 Å². The number of hydrogen-bond acceptors (Lipinski definition) is 7. The van der Waals surface area contributed by atoms with E-state index < -0.39 is 4.92 Å². The van der Waals surface area contributed by atoms with Crippen LogP contribution in [0.3, 0.4) is 0 Å². The van der Waals surface area contributed by atoms with Crippen LogP contribution in [0.15, 0.2) is 59.0 Å². The zero-order valence-corrected chi connectivity index (χ0v) is 16.9. The molecule has 0 unspecified atom stereocenters. The van der Waals surface area contributed by atoms with Gasteiger partial charge in [-0.05, 0) is 54.4 Å². The monoisotopic (exact) mass is 420 g/mol. The van der Waals surface area contributed by atoms with Gasteiger partial charge < -0.3 is 13.9 Å². The molecule has 0 fully saturated rings. The van der Waals surface area contributed by atoms with Crippen molar-refractivity contribution in [3.8, 4) is 17.2 Å². The Balaban J connectivity index is 1.55. The summed E-state index contributed by atoms with van der Waals surface area (Å²) in [5.74, 6) is 0.865. The van der Waals surface area contributed by atoms with E-state index in [0.717, 1.165) is 16.3 Å². The quantitative estimate of drug-likeness (QED) is 0.165. The van der Waals surface area contributed by atoms with Crippen molar-refractivity contribution in [2.75, 3.05) is 13.2 Å². The van der Waals surface area contributed by atoms with Crippen LogP contribution in [0.5, 0.6) is 5.75 Å². The lowest BCUT2D eigenvalue weighted by molar-refractivity contribution is -0.384. The number of carbonyl (C=O) groups excluding carboxylic acids is 1. The summed E-state index contributed by atoms with van der Waals surface area (Å²) in [6.07, 6.45) is 0.896. The molecule has 3 aromatic carbocycles. The number of nitrogens with zero attached hydrogens (tertiary/aromatic N) is 2. The van der Waals surface area contributed by atoms with Crippen LogP contribution in [0.1, 0.15) is 19.8 Å². The second-order valence-corrected chi connectivity index (χ2v) is 6.87. The highest BCUT2D eigenvalue weighted by Crippen LogP contribution is 2.33. The van der Waals surface area contributed by atoms with Crippen molar-refractivity contribution in [3.63, 3.8) is 0 Å². The van der Waals surface area contributed by atoms with E-state index in [1.807, 2.05) is 36.4 Å². The van der Waals surface area contributed by atoms with Gasteiger partial charge in [-0.3, -0.25) is 14.9 Å². The maximum atomic E-state index is 11.4. The average molecular weight is 420 g/mol. The highest BCUT2D eigenvalue weighted by molar-refractivity contribution is 5.96. The number of nitro groups is 1. The number of rotatable bonds is 8. The first-order chi connectivity index (χ1) is 15.0. The first kappa shape index (κ1) is 20.3. The second kappa shape index (κ2) is 8.83. The Hall–Kier alpha value is -3.94. The Morgan fingerprint density at radius 2 is 2.03 bits per heavy atom. The number of aromatic nitrogens is 1. The van der Waals surface area contributed by atoms with Crippen molar-refractivity contribution in [1.29, 1.82) is 0 Å². The molecule has 4 aromatic rings. The number of hydrogen-bond donors (Lipinski definition) is 0. The van der Waals surface area contributed by atoms with Gasteiger partial charge in [-0.25, -0.2) is 4.98 Å². The molecule has 0 amide bonds. The predicted molar refractivity (Wildman–Crippen MR) is 115 cm³/mol. The largest absolute Gasteiger partial charge is 0.494 e. The number of oxazole rings is 1. The van der Waals surface area contributed by atoms with Gasteiger partial charge >= 0.3 is 5.97 Å². The minimum atomic E-state index is -0.464. The Morgan fingerprint density at radius 1 is 1.16 bits per heavy atom. The summed E-state index contributed by atoms with van der Waals surface area (Å²) in [6.45, 7) is 2.57. The first-order valence-electron chi connectivity index (χ1n) is 9.91. The third-order valence-electron chi connectivity index (χ3n) is 4.76. The molecule has 0 spiro atoms. The van der Waals surface area contributed by atoms with Crippen LogP contribution in [0, 0.1) is 10.1 Å². The van der Waals surface area contributed by atoms with Gasteiger partial charge in [0.05, 0.1) is 24.2 Å². The molecule has 8 heteroatoms. The van der Waals surface area contributed by atoms with Crippen molar-refractivity contribution in [3.05, 3.63) is 64.7 Å². The molecule has 31 heavy (non-hydrogen) atoms. The minimum Gasteiger partial charge on any atom is -0.494 e. The summed E-state index contributed by atoms with van der Waals surface area (Å²) in [6, 6.07) is 15.8. The van der Waals surface area contributed by atoms with Gasteiger partial charge in [0, 0.05) is 18.1 Å². The standard InChI is InChI=1S/C23H20N2O6/c1-2-29-22(26)7-4-12-30-17-9-10-18-15(13-17)5-3-6-19(18)23-24-20-11-8-16(25(27)28)14-21(20)31-23/h3,5-6,8-11,13-14H,2,4,7,12H2,1H3. The van der Waals surface area contributed by atoms with E-state index in [1.54, 1.807) is 13.0 Å². The normalized spacial score (nSPS) is 11.0. The molecule has 1 aromatic heterocycles. The van der Waals surface area contributed by atoms with Crippen LogP contribution in [0.2, 0.25) is 0 Å². The van der Waals surface area contributed by atoms with E-state index >= 15 is 0 Å². The maximum Gasteiger partial charge on any atom is 0.305 e. The van der Waals surface area contributed by atoms with E-state index in [1.165, 1.54) is 12.1 Å². The van der Waals surface area contributed by atoms with Gasteiger partial charge in [-0.15, -0.1) is 0 Å². The van der Waals surface area contributed by atoms with Crippen molar-refractivity contribution < 1.29 is 23.6 Å². The van der Waals surface area contributed by atoms with E-state index in [0.29, 0.717) is 48.8 Å². The van der Waals surface area contributed by atoms with Crippen LogP contribution in [-0.4, -0.2) is 29.1 Å². The lowest BCUT2D eigenvalue weighted by atomic mass is 10.0. The molecule has 0 N–H and O–H groups in total. The first-order valence-corrected chi connectivity index (χ1v) is 9.91. The number of esters is 1. The number of carbonyl (C=O) groups is 1. The number of fused-ring (bicyclic) bond motifs is 2. The lowest BCUT2D eigenvalue weighted by Gasteiger charge is -2.09. The molecule has 0 atom stereocenters. The fourth-order valence-electron chi connectivity index (χ4n) is 3.32. The van der Waals surface area contributed by atoms with Crippen molar-refractivity contribution >= 4 is 33.5 Å². The molecular formula is C23H20N2O6. The molecule has 0 aliphatic rings. The molecular weight excluding hydrogens is 400 g/mol. The average Bonchev–Trinajstić information content (AvgIpc) is 3.19. The predicted octanol–water partition coefficient (Wildman–Crippen LogP) is 5.28. The molecule has 4 rings (SSSR count). The van der Waals surface area contributed by atoms with Gasteiger partial charge in [0.15, 0.2) is 5.58 Å². The molecule has 0 saturated heterocycles. The molecule has 0 radical (unpaired) electrons. The third kappa shape index (κ3) is 4.48. The number of ether oxygens (including phenoxy) is 2. The number of nitro benzene ring substituents is 1. The Morgan fingerprint density at radius 3 is 2.84 bits per heavy atom. The zero-order valence-electron chi connectivity index (χ0n) is 16.9. The van der Waals surface area contributed by atoms with Gasteiger partial charge in [0.25, 0.3) is 5.69 Å². The van der Waals surface area contributed by atoms with Crippen molar-refractivity contribution in [2.24, 2.45) is 0 Å². The second-order valence-electron chi connectivity index (χ2n) is 6.87. The highest BCUT2D eigenvalue weighted by Gasteiger charge is 2.15. The van der Waals surface area contributed by atoms with E-state index in [9.17, 15) is 14.9 Å². The summed E-state index contributed by atoms with van der Waals surface area (Å²) >= 11 is 0. The van der Waals surface area contributed by atoms with Gasteiger partial charge in [-0.1, -0.05) is 12.1 Å². The Labute approximate surface area is 177 Å². The molecule has 0 aliphatic heterocycles. The molecule has 0 saturated carbocycles. The maximum absolute atomic E-state index is 11.4. The van der Waals surface area contributed by atoms with E-state index in [4.69, 9.17) is 13.9 Å². The van der Waals surface area contributed by atoms with Gasteiger partial charge in [0.1, 0.15) is 11.3 Å². The summed E-state index contributed by atoms with van der Waals surface area (Å²) in [7, 11) is 0. The van der Waals surface area contributed by atoms with Crippen LogP contribution >= 0.6 is 0 Å². The fraction of sp³-hybridized carbons (Fsp3) is 0.217. The summed E-state index contributed by atoms with van der Waals surface area (Å²) in [5, 5.41) is 12.9. The summed E-state index contributed by atoms with van der Waals surface area (Å²) in [4.78, 5) is 26.4. The number of benzene rings is 3. The molecule has 0 bridgehead atoms. The van der Waals surface area contributed by atoms with Gasteiger partial charge in [-0.2, -0.15) is 0 Å². The molecule has 1 heterocycles. The van der Waals surface area contributed by atoms with E-state index in [-0.39, 0.29) is 11.7 Å². The van der Waals surface area contributed by atoms with Gasteiger partial charge in [0.2, 0.25) is 5.89 Å². The number of non-ortho nitro benzene ring substituents is 1. The Kier molecular flexibility index (Phi) is 5.79. The molecule has 8 nitrogen and oxygen atoms in total. The van der Waals surface area contributed by atoms with E-state index in [2.05, 4.69) is 4.98 Å². The van der Waals surface area contributed by atoms with Crippen LogP contribution in [-0.2, 0) is 9.53 Å². The summed E-state index contributed by atoms with van der Waals surface area (Å²) in [5.41, 5.74) is 1.66. The fourth-order valence-corrected chi connectivity index (χ4v) is 3.32. The van der Waals surface area contributed by atoms with Crippen LogP contribution < -0.4 is 4.74 Å². The topological polar surface area (TPSA) is 105 Å². The SMILES string of the molecule is CCOC(=O)CCCOc1ccc2c(-c3nc4ccc([N+](=O)[O-])cc4o3)cccc2c1. The third-order valence-corrected chi connectivity index (χ3v) is 4.76. The summed E-state index contributed by atoms with van der Waals surface area (Å²) < 4.78 is 16.5. The molecule has 158 valence electrons. The van der Waals surface area contributed by atoms with Crippen LogP contribution in [0.25, 0.3) is 33.3 Å². The van der Waals surface area contributed by atoms with Crippen LogP contribution in [0.4, 0.5) is 5.69 Å². The zero-order chi connectivity index (χ0) is 21.8. The highest BCUT2D eigenvalue weighted by atomic mass is 16.6. The van der Waals surface area contributed by atoms with Crippen molar-refractivity contribution in [1.82, 2.24) is 4.98 Å². The Bertz CT molecular complexity index is 1260. The smallest absolute Gasteiger partial charge is 0.305 e. The minimum absolute atomic E-state index is 0.0436. The lowest BCUT2D eigenvalue weighted by Crippen LogP contribution is -2.06.